The second-order valence-corrected chi connectivity index (χ2v) is 4.22. The number of aromatic nitrogens is 3. The van der Waals surface area contributed by atoms with Crippen molar-refractivity contribution >= 4 is 11.8 Å². The van der Waals surface area contributed by atoms with Crippen molar-refractivity contribution in [1.29, 1.82) is 0 Å². The van der Waals surface area contributed by atoms with Crippen LogP contribution >= 0.6 is 11.8 Å². The molecule has 0 saturated heterocycles. The van der Waals surface area contributed by atoms with E-state index in [1.54, 1.807) is 22.8 Å². The standard InChI is InChI=1S/C11H13N3S/c1-2-8-15-11-12-9-14(13-11)10-6-4-3-5-7-10/h3-7,9H,2,8H2,1H3. The second-order valence-electron chi connectivity index (χ2n) is 3.16. The molecular weight excluding hydrogens is 206 g/mol. The molecule has 2 rings (SSSR count). The number of thioether (sulfide) groups is 1. The minimum absolute atomic E-state index is 0.848. The fraction of sp³-hybridized carbons (Fsp3) is 0.273. The number of nitrogens with zero attached hydrogens (tertiary/aromatic N) is 3. The van der Waals surface area contributed by atoms with Gasteiger partial charge in [-0.05, 0) is 18.6 Å². The van der Waals surface area contributed by atoms with Gasteiger partial charge in [-0.15, -0.1) is 5.10 Å². The number of hydrogen-bond acceptors (Lipinski definition) is 3. The van der Waals surface area contributed by atoms with Crippen molar-refractivity contribution in [1.82, 2.24) is 14.8 Å². The van der Waals surface area contributed by atoms with Gasteiger partial charge < -0.3 is 0 Å². The Bertz CT molecular complexity index is 411. The molecule has 15 heavy (non-hydrogen) atoms. The van der Waals surface area contributed by atoms with Gasteiger partial charge >= 0.3 is 0 Å². The van der Waals surface area contributed by atoms with Gasteiger partial charge in [-0.3, -0.25) is 0 Å². The summed E-state index contributed by atoms with van der Waals surface area (Å²) in [5.74, 6) is 1.07. The van der Waals surface area contributed by atoms with Crippen molar-refractivity contribution < 1.29 is 0 Å². The van der Waals surface area contributed by atoms with E-state index >= 15 is 0 Å². The van der Waals surface area contributed by atoms with E-state index in [9.17, 15) is 0 Å². The van der Waals surface area contributed by atoms with Gasteiger partial charge in [0.15, 0.2) is 0 Å². The maximum atomic E-state index is 4.39. The lowest BCUT2D eigenvalue weighted by molar-refractivity contribution is 0.834. The lowest BCUT2D eigenvalue weighted by atomic mass is 10.3. The summed E-state index contributed by atoms with van der Waals surface area (Å²) >= 11 is 1.69. The molecule has 0 radical (unpaired) electrons. The highest BCUT2D eigenvalue weighted by Gasteiger charge is 2.01. The molecular formula is C11H13N3S. The van der Waals surface area contributed by atoms with E-state index in [1.165, 1.54) is 0 Å². The van der Waals surface area contributed by atoms with Crippen LogP contribution in [0.3, 0.4) is 0 Å². The minimum Gasteiger partial charge on any atom is -0.220 e. The van der Waals surface area contributed by atoms with E-state index < -0.39 is 0 Å². The van der Waals surface area contributed by atoms with Crippen molar-refractivity contribution in [2.45, 2.75) is 18.5 Å². The molecule has 4 heteroatoms. The summed E-state index contributed by atoms with van der Waals surface area (Å²) in [7, 11) is 0. The molecule has 1 aromatic carbocycles. The van der Waals surface area contributed by atoms with Crippen LogP contribution in [0.5, 0.6) is 0 Å². The fourth-order valence-electron chi connectivity index (χ4n) is 1.21. The molecule has 0 saturated carbocycles. The summed E-state index contributed by atoms with van der Waals surface area (Å²) in [4.78, 5) is 4.24. The molecule has 0 aliphatic rings. The first-order valence-electron chi connectivity index (χ1n) is 5.00. The van der Waals surface area contributed by atoms with E-state index in [2.05, 4.69) is 17.0 Å². The molecule has 0 atom stereocenters. The normalized spacial score (nSPS) is 10.5. The molecule has 0 aliphatic carbocycles. The smallest absolute Gasteiger partial charge is 0.208 e. The Balaban J connectivity index is 2.14. The summed E-state index contributed by atoms with van der Waals surface area (Å²) in [6.45, 7) is 2.15. The molecule has 1 heterocycles. The van der Waals surface area contributed by atoms with Gasteiger partial charge in [0.2, 0.25) is 5.16 Å². The zero-order valence-corrected chi connectivity index (χ0v) is 9.44. The third kappa shape index (κ3) is 2.59. The highest BCUT2D eigenvalue weighted by Crippen LogP contribution is 2.14. The minimum atomic E-state index is 0.848. The summed E-state index contributed by atoms with van der Waals surface area (Å²) in [6.07, 6.45) is 2.90. The number of para-hydroxylation sites is 1. The maximum Gasteiger partial charge on any atom is 0.208 e. The predicted octanol–water partition coefficient (Wildman–Crippen LogP) is 2.77. The van der Waals surface area contributed by atoms with Crippen molar-refractivity contribution in [2.75, 3.05) is 5.75 Å². The quantitative estimate of drug-likeness (QED) is 0.741. The Hall–Kier alpha value is -1.29. The van der Waals surface area contributed by atoms with Gasteiger partial charge in [-0.25, -0.2) is 9.67 Å². The lowest BCUT2D eigenvalue weighted by Crippen LogP contribution is -1.93. The zero-order chi connectivity index (χ0) is 10.5. The Labute approximate surface area is 93.5 Å². The molecule has 0 bridgehead atoms. The van der Waals surface area contributed by atoms with Crippen LogP contribution in [0.2, 0.25) is 0 Å². The number of benzene rings is 1. The molecule has 1 aromatic heterocycles. The summed E-state index contributed by atoms with van der Waals surface area (Å²) in [5.41, 5.74) is 1.05. The SMILES string of the molecule is CCCSc1ncn(-c2ccccc2)n1. The van der Waals surface area contributed by atoms with E-state index in [1.807, 2.05) is 30.3 Å². The molecule has 0 amide bonds. The van der Waals surface area contributed by atoms with E-state index in [0.29, 0.717) is 0 Å². The van der Waals surface area contributed by atoms with Crippen LogP contribution in [0.25, 0.3) is 5.69 Å². The third-order valence-corrected chi connectivity index (χ3v) is 2.98. The molecule has 2 aromatic rings. The highest BCUT2D eigenvalue weighted by atomic mass is 32.2. The first kappa shape index (κ1) is 10.2. The van der Waals surface area contributed by atoms with Gasteiger partial charge in [0.05, 0.1) is 5.69 Å². The average molecular weight is 219 g/mol. The molecule has 0 aliphatic heterocycles. The van der Waals surface area contributed by atoms with E-state index in [0.717, 1.165) is 23.0 Å². The molecule has 0 N–H and O–H groups in total. The van der Waals surface area contributed by atoms with Crippen molar-refractivity contribution in [3.8, 4) is 5.69 Å². The number of hydrogen-bond donors (Lipinski definition) is 0. The molecule has 0 spiro atoms. The second kappa shape index (κ2) is 4.98. The largest absolute Gasteiger partial charge is 0.220 e. The average Bonchev–Trinajstić information content (AvgIpc) is 2.76. The van der Waals surface area contributed by atoms with Crippen LogP contribution in [0.1, 0.15) is 13.3 Å². The number of rotatable bonds is 4. The van der Waals surface area contributed by atoms with E-state index in [4.69, 9.17) is 0 Å². The van der Waals surface area contributed by atoms with Crippen LogP contribution < -0.4 is 0 Å². The molecule has 3 nitrogen and oxygen atoms in total. The summed E-state index contributed by atoms with van der Waals surface area (Å²) in [5, 5.41) is 5.23. The maximum absolute atomic E-state index is 4.39. The Morgan fingerprint density at radius 2 is 2.07 bits per heavy atom. The third-order valence-electron chi connectivity index (χ3n) is 1.93. The topological polar surface area (TPSA) is 30.7 Å². The van der Waals surface area contributed by atoms with Gasteiger partial charge in [-0.1, -0.05) is 36.9 Å². The van der Waals surface area contributed by atoms with Crippen molar-refractivity contribution in [3.05, 3.63) is 36.7 Å². The Morgan fingerprint density at radius 1 is 1.27 bits per heavy atom. The molecule has 0 unspecified atom stereocenters. The fourth-order valence-corrected chi connectivity index (χ4v) is 1.87. The van der Waals surface area contributed by atoms with Gasteiger partial charge in [0, 0.05) is 5.75 Å². The van der Waals surface area contributed by atoms with E-state index in [-0.39, 0.29) is 0 Å². The van der Waals surface area contributed by atoms with Gasteiger partial charge in [0.25, 0.3) is 0 Å². The van der Waals surface area contributed by atoms with Gasteiger partial charge in [-0.2, -0.15) is 0 Å². The Kier molecular flexibility index (Phi) is 3.40. The zero-order valence-electron chi connectivity index (χ0n) is 8.63. The Morgan fingerprint density at radius 3 is 2.80 bits per heavy atom. The summed E-state index contributed by atoms with van der Waals surface area (Å²) < 4.78 is 1.80. The van der Waals surface area contributed by atoms with Crippen LogP contribution in [-0.4, -0.2) is 20.5 Å². The van der Waals surface area contributed by atoms with Crippen LogP contribution in [-0.2, 0) is 0 Å². The first-order valence-corrected chi connectivity index (χ1v) is 5.98. The van der Waals surface area contributed by atoms with Crippen molar-refractivity contribution in [3.63, 3.8) is 0 Å². The van der Waals surface area contributed by atoms with Crippen LogP contribution in [0.4, 0.5) is 0 Å². The molecule has 78 valence electrons. The van der Waals surface area contributed by atoms with Crippen LogP contribution in [0.15, 0.2) is 41.8 Å². The van der Waals surface area contributed by atoms with Crippen molar-refractivity contribution in [2.24, 2.45) is 0 Å². The molecule has 0 fully saturated rings. The van der Waals surface area contributed by atoms with Crippen LogP contribution in [0, 0.1) is 0 Å². The first-order chi connectivity index (χ1) is 7.40. The predicted molar refractivity (Wildman–Crippen MR) is 62.4 cm³/mol. The highest BCUT2D eigenvalue weighted by molar-refractivity contribution is 7.99. The lowest BCUT2D eigenvalue weighted by Gasteiger charge is -1.97. The monoisotopic (exact) mass is 219 g/mol. The summed E-state index contributed by atoms with van der Waals surface area (Å²) in [6, 6.07) is 10.0. The van der Waals surface area contributed by atoms with Gasteiger partial charge in [0.1, 0.15) is 6.33 Å².